The van der Waals surface area contributed by atoms with Gasteiger partial charge >= 0.3 is 0 Å². The highest BCUT2D eigenvalue weighted by atomic mass is 16.5. The first-order chi connectivity index (χ1) is 12.2. The summed E-state index contributed by atoms with van der Waals surface area (Å²) in [6.07, 6.45) is 1.87. The van der Waals surface area contributed by atoms with Gasteiger partial charge in [-0.05, 0) is 71.5 Å². The van der Waals surface area contributed by atoms with Gasteiger partial charge in [0, 0.05) is 0 Å². The Balaban J connectivity index is 1.85. The van der Waals surface area contributed by atoms with Crippen molar-refractivity contribution in [3.8, 4) is 28.4 Å². The molecule has 0 amide bonds. The number of rotatable bonds is 6. The average Bonchev–Trinajstić information content (AvgIpc) is 2.67. The Morgan fingerprint density at radius 2 is 1.36 bits per heavy atom. The van der Waals surface area contributed by atoms with Gasteiger partial charge in [-0.25, -0.2) is 0 Å². The topological polar surface area (TPSA) is 38.7 Å². The first-order valence-corrected chi connectivity index (χ1v) is 8.29. The highest BCUT2D eigenvalue weighted by molar-refractivity contribution is 5.69. The molecule has 0 aliphatic heterocycles. The molecule has 0 unspecified atom stereocenters. The van der Waals surface area contributed by atoms with Crippen molar-refractivity contribution in [2.24, 2.45) is 0 Å². The van der Waals surface area contributed by atoms with E-state index < -0.39 is 0 Å². The molecule has 1 N–H and O–H groups in total. The molecule has 0 aliphatic rings. The predicted molar refractivity (Wildman–Crippen MR) is 100 cm³/mol. The molecule has 0 saturated carbocycles. The molecule has 3 heteroatoms. The van der Waals surface area contributed by atoms with Crippen molar-refractivity contribution < 1.29 is 14.6 Å². The molecule has 3 aromatic rings. The van der Waals surface area contributed by atoms with E-state index in [1.165, 1.54) is 11.1 Å². The van der Waals surface area contributed by atoms with E-state index in [0.717, 1.165) is 35.5 Å². The van der Waals surface area contributed by atoms with Gasteiger partial charge in [0.2, 0.25) is 0 Å². The van der Waals surface area contributed by atoms with Crippen LogP contribution in [0.5, 0.6) is 17.2 Å². The number of phenolic OH excluding ortho intramolecular Hbond substituents is 1. The minimum atomic E-state index is 0.270. The zero-order valence-corrected chi connectivity index (χ0v) is 14.5. The summed E-state index contributed by atoms with van der Waals surface area (Å²) >= 11 is 0. The fourth-order valence-corrected chi connectivity index (χ4v) is 2.88. The maximum atomic E-state index is 9.53. The first-order valence-electron chi connectivity index (χ1n) is 8.29. The molecule has 128 valence electrons. The third kappa shape index (κ3) is 4.13. The lowest BCUT2D eigenvalue weighted by molar-refractivity contribution is 0.414. The van der Waals surface area contributed by atoms with Crippen molar-refractivity contribution >= 4 is 0 Å². The minimum Gasteiger partial charge on any atom is -0.508 e. The third-order valence-electron chi connectivity index (χ3n) is 4.34. The number of hydrogen-bond donors (Lipinski definition) is 1. The summed E-state index contributed by atoms with van der Waals surface area (Å²) < 4.78 is 10.6. The predicted octanol–water partition coefficient (Wildman–Crippen LogP) is 4.86. The summed E-state index contributed by atoms with van der Waals surface area (Å²) in [6.45, 7) is 0. The number of aryl methyl sites for hydroxylation is 2. The van der Waals surface area contributed by atoms with Crippen LogP contribution in [0.4, 0.5) is 0 Å². The highest BCUT2D eigenvalue weighted by Crippen LogP contribution is 2.30. The second-order valence-corrected chi connectivity index (χ2v) is 5.92. The molecule has 0 fully saturated rings. The molecule has 0 atom stereocenters. The quantitative estimate of drug-likeness (QED) is 0.699. The molecule has 0 saturated heterocycles. The summed E-state index contributed by atoms with van der Waals surface area (Å²) in [6, 6.07) is 21.6. The van der Waals surface area contributed by atoms with Gasteiger partial charge in [0.25, 0.3) is 0 Å². The van der Waals surface area contributed by atoms with Gasteiger partial charge in [0.15, 0.2) is 0 Å². The largest absolute Gasteiger partial charge is 0.508 e. The number of ether oxygens (including phenoxy) is 2. The molecular formula is C22H22O3. The Bertz CT molecular complexity index is 821. The smallest absolute Gasteiger partial charge is 0.119 e. The standard InChI is InChI=1S/C22H22O3/c1-24-20-12-4-16(5-13-20)3-6-17-9-14-21(25-2)15-22(17)18-7-10-19(23)11-8-18/h4-5,7-15,23H,3,6H2,1-2H3. The Hall–Kier alpha value is -2.94. The Morgan fingerprint density at radius 1 is 0.720 bits per heavy atom. The zero-order valence-electron chi connectivity index (χ0n) is 14.5. The number of hydrogen-bond acceptors (Lipinski definition) is 3. The molecular weight excluding hydrogens is 312 g/mol. The Labute approximate surface area is 148 Å². The third-order valence-corrected chi connectivity index (χ3v) is 4.34. The number of aromatic hydroxyl groups is 1. The van der Waals surface area contributed by atoms with Crippen LogP contribution in [0.2, 0.25) is 0 Å². The van der Waals surface area contributed by atoms with Crippen LogP contribution in [0, 0.1) is 0 Å². The highest BCUT2D eigenvalue weighted by Gasteiger charge is 2.08. The number of phenols is 1. The van der Waals surface area contributed by atoms with Gasteiger partial charge in [-0.15, -0.1) is 0 Å². The van der Waals surface area contributed by atoms with Crippen LogP contribution in [0.15, 0.2) is 66.7 Å². The Kier molecular flexibility index (Phi) is 5.24. The molecule has 25 heavy (non-hydrogen) atoms. The van der Waals surface area contributed by atoms with Crippen molar-refractivity contribution in [3.63, 3.8) is 0 Å². The van der Waals surface area contributed by atoms with Crippen molar-refractivity contribution in [2.75, 3.05) is 14.2 Å². The second-order valence-electron chi connectivity index (χ2n) is 5.92. The lowest BCUT2D eigenvalue weighted by Crippen LogP contribution is -1.96. The van der Waals surface area contributed by atoms with Crippen LogP contribution < -0.4 is 9.47 Å². The number of methoxy groups -OCH3 is 2. The lowest BCUT2D eigenvalue weighted by atomic mass is 9.95. The van der Waals surface area contributed by atoms with Gasteiger partial charge in [0.1, 0.15) is 17.2 Å². The Morgan fingerprint density at radius 3 is 2.00 bits per heavy atom. The van der Waals surface area contributed by atoms with Crippen LogP contribution in [0.25, 0.3) is 11.1 Å². The molecule has 3 rings (SSSR count). The maximum absolute atomic E-state index is 9.53. The van der Waals surface area contributed by atoms with Gasteiger partial charge in [-0.1, -0.05) is 30.3 Å². The molecule has 0 radical (unpaired) electrons. The first kappa shape index (κ1) is 16.9. The average molecular weight is 334 g/mol. The molecule has 0 spiro atoms. The molecule has 3 aromatic carbocycles. The van der Waals surface area contributed by atoms with E-state index in [0.29, 0.717) is 0 Å². The lowest BCUT2D eigenvalue weighted by Gasteiger charge is -2.12. The van der Waals surface area contributed by atoms with Crippen LogP contribution in [0.3, 0.4) is 0 Å². The summed E-state index contributed by atoms with van der Waals surface area (Å²) in [4.78, 5) is 0. The van der Waals surface area contributed by atoms with Gasteiger partial charge in [-0.3, -0.25) is 0 Å². The molecule has 3 nitrogen and oxygen atoms in total. The van der Waals surface area contributed by atoms with E-state index in [1.807, 2.05) is 30.3 Å². The summed E-state index contributed by atoms with van der Waals surface area (Å²) in [5.74, 6) is 1.97. The van der Waals surface area contributed by atoms with E-state index in [9.17, 15) is 5.11 Å². The SMILES string of the molecule is COc1ccc(CCc2ccc(OC)cc2-c2ccc(O)cc2)cc1. The van der Waals surface area contributed by atoms with E-state index in [2.05, 4.69) is 24.3 Å². The van der Waals surface area contributed by atoms with Crippen LogP contribution >= 0.6 is 0 Å². The second kappa shape index (κ2) is 7.75. The fourth-order valence-electron chi connectivity index (χ4n) is 2.88. The van der Waals surface area contributed by atoms with Crippen molar-refractivity contribution in [2.45, 2.75) is 12.8 Å². The van der Waals surface area contributed by atoms with Crippen molar-refractivity contribution in [1.29, 1.82) is 0 Å². The molecule has 0 bridgehead atoms. The molecule has 0 aromatic heterocycles. The van der Waals surface area contributed by atoms with E-state index in [1.54, 1.807) is 26.4 Å². The van der Waals surface area contributed by atoms with Crippen molar-refractivity contribution in [3.05, 3.63) is 77.9 Å². The monoisotopic (exact) mass is 334 g/mol. The molecule has 0 aliphatic carbocycles. The van der Waals surface area contributed by atoms with Crippen molar-refractivity contribution in [1.82, 2.24) is 0 Å². The van der Waals surface area contributed by atoms with E-state index in [-0.39, 0.29) is 5.75 Å². The van der Waals surface area contributed by atoms with E-state index in [4.69, 9.17) is 9.47 Å². The zero-order chi connectivity index (χ0) is 17.6. The van der Waals surface area contributed by atoms with Gasteiger partial charge in [-0.2, -0.15) is 0 Å². The summed E-state index contributed by atoms with van der Waals surface area (Å²) in [7, 11) is 3.35. The van der Waals surface area contributed by atoms with Gasteiger partial charge in [0.05, 0.1) is 14.2 Å². The van der Waals surface area contributed by atoms with Crippen LogP contribution in [-0.4, -0.2) is 19.3 Å². The van der Waals surface area contributed by atoms with Crippen LogP contribution in [0.1, 0.15) is 11.1 Å². The normalized spacial score (nSPS) is 10.5. The van der Waals surface area contributed by atoms with Crippen LogP contribution in [-0.2, 0) is 12.8 Å². The summed E-state index contributed by atoms with van der Waals surface area (Å²) in [5.41, 5.74) is 4.73. The minimum absolute atomic E-state index is 0.270. The van der Waals surface area contributed by atoms with Gasteiger partial charge < -0.3 is 14.6 Å². The summed E-state index contributed by atoms with van der Waals surface area (Å²) in [5, 5.41) is 9.53. The number of benzene rings is 3. The molecule has 0 heterocycles. The van der Waals surface area contributed by atoms with E-state index >= 15 is 0 Å². The fraction of sp³-hybridized carbons (Fsp3) is 0.182. The maximum Gasteiger partial charge on any atom is 0.119 e.